The SMILES string of the molecule is Cc1c(C(N)=O)sc(NC(=O)c2c(F)cccc2F)c1C(=O)OC(C)C. The molecule has 0 fully saturated rings. The van der Waals surface area contributed by atoms with Crippen molar-refractivity contribution in [1.82, 2.24) is 0 Å². The van der Waals surface area contributed by atoms with Crippen LogP contribution in [0.3, 0.4) is 0 Å². The van der Waals surface area contributed by atoms with Crippen LogP contribution in [0.2, 0.25) is 0 Å². The van der Waals surface area contributed by atoms with Crippen LogP contribution >= 0.6 is 11.3 Å². The van der Waals surface area contributed by atoms with Crippen LogP contribution in [0.15, 0.2) is 18.2 Å². The van der Waals surface area contributed by atoms with Crippen molar-refractivity contribution in [2.75, 3.05) is 5.32 Å². The molecule has 0 saturated heterocycles. The van der Waals surface area contributed by atoms with Gasteiger partial charge >= 0.3 is 5.97 Å². The van der Waals surface area contributed by atoms with E-state index < -0.39 is 41.1 Å². The molecule has 138 valence electrons. The third kappa shape index (κ3) is 3.88. The summed E-state index contributed by atoms with van der Waals surface area (Å²) in [5.41, 5.74) is 4.61. The molecule has 0 aliphatic carbocycles. The van der Waals surface area contributed by atoms with Crippen LogP contribution in [0.1, 0.15) is 49.8 Å². The minimum atomic E-state index is -1.10. The molecule has 0 bridgehead atoms. The zero-order valence-electron chi connectivity index (χ0n) is 14.2. The number of ether oxygens (including phenoxy) is 1. The molecule has 0 aliphatic heterocycles. The molecule has 3 N–H and O–H groups in total. The average Bonchev–Trinajstić information content (AvgIpc) is 2.83. The standard InChI is InChI=1S/C17H16F2N2O4S/c1-7(2)25-17(24)11-8(3)13(14(20)22)26-16(11)21-15(23)12-9(18)5-4-6-10(12)19/h4-7H,1-3H3,(H2,20,22)(H,21,23). The lowest BCUT2D eigenvalue weighted by atomic mass is 10.1. The first-order valence-electron chi connectivity index (χ1n) is 7.53. The van der Waals surface area contributed by atoms with Crippen LogP contribution in [0.5, 0.6) is 0 Å². The van der Waals surface area contributed by atoms with Crippen molar-refractivity contribution in [3.05, 3.63) is 51.4 Å². The summed E-state index contributed by atoms with van der Waals surface area (Å²) in [4.78, 5) is 36.2. The van der Waals surface area contributed by atoms with Crippen molar-refractivity contribution in [1.29, 1.82) is 0 Å². The summed E-state index contributed by atoms with van der Waals surface area (Å²) in [7, 11) is 0. The first-order valence-corrected chi connectivity index (χ1v) is 8.34. The third-order valence-electron chi connectivity index (χ3n) is 3.33. The van der Waals surface area contributed by atoms with Gasteiger partial charge in [-0.25, -0.2) is 13.6 Å². The fraction of sp³-hybridized carbons (Fsp3) is 0.235. The molecule has 1 aromatic carbocycles. The third-order valence-corrected chi connectivity index (χ3v) is 4.56. The van der Waals surface area contributed by atoms with Crippen LogP contribution in [-0.4, -0.2) is 23.9 Å². The second-order valence-corrected chi connectivity index (χ2v) is 6.65. The summed E-state index contributed by atoms with van der Waals surface area (Å²) in [5.74, 6) is -4.81. The predicted octanol–water partition coefficient (Wildman–Crippen LogP) is 3.25. The van der Waals surface area contributed by atoms with E-state index in [2.05, 4.69) is 5.32 Å². The molecule has 2 aromatic rings. The van der Waals surface area contributed by atoms with E-state index in [0.29, 0.717) is 0 Å². The van der Waals surface area contributed by atoms with Gasteiger partial charge in [0.1, 0.15) is 22.2 Å². The largest absolute Gasteiger partial charge is 0.459 e. The maximum absolute atomic E-state index is 13.8. The number of hydrogen-bond acceptors (Lipinski definition) is 5. The Morgan fingerprint density at radius 1 is 1.15 bits per heavy atom. The number of nitrogens with two attached hydrogens (primary N) is 1. The lowest BCUT2D eigenvalue weighted by molar-refractivity contribution is 0.0379. The Labute approximate surface area is 152 Å². The van der Waals surface area contributed by atoms with Gasteiger partial charge in [0.15, 0.2) is 0 Å². The summed E-state index contributed by atoms with van der Waals surface area (Å²) >= 11 is 0.732. The molecule has 0 aliphatic rings. The Kier molecular flexibility index (Phi) is 5.71. The molecule has 0 atom stereocenters. The lowest BCUT2D eigenvalue weighted by Gasteiger charge is -2.11. The number of primary amides is 1. The summed E-state index contributed by atoms with van der Waals surface area (Å²) in [6, 6.07) is 2.98. The number of benzene rings is 1. The highest BCUT2D eigenvalue weighted by Gasteiger charge is 2.27. The zero-order valence-corrected chi connectivity index (χ0v) is 15.0. The van der Waals surface area contributed by atoms with Crippen molar-refractivity contribution in [3.63, 3.8) is 0 Å². The van der Waals surface area contributed by atoms with Crippen molar-refractivity contribution in [2.45, 2.75) is 26.9 Å². The topological polar surface area (TPSA) is 98.5 Å². The molecule has 6 nitrogen and oxygen atoms in total. The van der Waals surface area contributed by atoms with Crippen LogP contribution < -0.4 is 11.1 Å². The minimum absolute atomic E-state index is 0.0324. The second-order valence-electron chi connectivity index (χ2n) is 5.63. The lowest BCUT2D eigenvalue weighted by Crippen LogP contribution is -2.18. The quantitative estimate of drug-likeness (QED) is 0.776. The summed E-state index contributed by atoms with van der Waals surface area (Å²) in [6.07, 6.45) is -0.452. The second kappa shape index (κ2) is 7.61. The predicted molar refractivity (Wildman–Crippen MR) is 92.4 cm³/mol. The van der Waals surface area contributed by atoms with Gasteiger partial charge in [-0.1, -0.05) is 6.07 Å². The first-order chi connectivity index (χ1) is 12.1. The molecule has 0 unspecified atom stereocenters. The van der Waals surface area contributed by atoms with E-state index >= 15 is 0 Å². The minimum Gasteiger partial charge on any atom is -0.459 e. The Balaban J connectivity index is 2.48. The van der Waals surface area contributed by atoms with Gasteiger partial charge in [0, 0.05) is 0 Å². The molecule has 2 amide bonds. The van der Waals surface area contributed by atoms with Gasteiger partial charge in [-0.3, -0.25) is 9.59 Å². The van der Waals surface area contributed by atoms with Crippen LogP contribution in [-0.2, 0) is 4.74 Å². The number of amides is 2. The van der Waals surface area contributed by atoms with E-state index in [0.717, 1.165) is 29.5 Å². The highest BCUT2D eigenvalue weighted by Crippen LogP contribution is 2.34. The van der Waals surface area contributed by atoms with Gasteiger partial charge in [0.25, 0.3) is 11.8 Å². The molecule has 0 radical (unpaired) electrons. The fourth-order valence-electron chi connectivity index (χ4n) is 2.24. The van der Waals surface area contributed by atoms with Gasteiger partial charge in [-0.2, -0.15) is 0 Å². The van der Waals surface area contributed by atoms with E-state index in [4.69, 9.17) is 10.5 Å². The number of esters is 1. The number of anilines is 1. The first kappa shape index (κ1) is 19.5. The van der Waals surface area contributed by atoms with Gasteiger partial charge in [0.2, 0.25) is 0 Å². The fourth-order valence-corrected chi connectivity index (χ4v) is 3.28. The molecule has 0 spiro atoms. The Bertz CT molecular complexity index is 873. The van der Waals surface area contributed by atoms with Crippen LogP contribution in [0, 0.1) is 18.6 Å². The van der Waals surface area contributed by atoms with Gasteiger partial charge in [0.05, 0.1) is 16.5 Å². The number of carbonyl (C=O) groups is 3. The van der Waals surface area contributed by atoms with Crippen molar-refractivity contribution in [3.8, 4) is 0 Å². The Morgan fingerprint density at radius 2 is 1.73 bits per heavy atom. The summed E-state index contributed by atoms with van der Waals surface area (Å²) in [6.45, 7) is 4.72. The Morgan fingerprint density at radius 3 is 2.23 bits per heavy atom. The van der Waals surface area contributed by atoms with Crippen molar-refractivity contribution in [2.24, 2.45) is 5.73 Å². The Hall–Kier alpha value is -2.81. The molecule has 26 heavy (non-hydrogen) atoms. The number of thiophene rings is 1. The molecule has 9 heteroatoms. The summed E-state index contributed by atoms with van der Waals surface area (Å²) in [5, 5.41) is 2.20. The van der Waals surface area contributed by atoms with E-state index in [1.54, 1.807) is 13.8 Å². The van der Waals surface area contributed by atoms with Crippen LogP contribution in [0.25, 0.3) is 0 Å². The highest BCUT2D eigenvalue weighted by atomic mass is 32.1. The zero-order chi connectivity index (χ0) is 19.6. The normalized spacial score (nSPS) is 10.7. The maximum Gasteiger partial charge on any atom is 0.341 e. The molecular weight excluding hydrogens is 366 g/mol. The van der Waals surface area contributed by atoms with E-state index in [1.807, 2.05) is 0 Å². The van der Waals surface area contributed by atoms with E-state index in [-0.39, 0.29) is 21.0 Å². The molecule has 0 saturated carbocycles. The molecule has 1 aromatic heterocycles. The summed E-state index contributed by atoms with van der Waals surface area (Å²) < 4.78 is 32.7. The molecular formula is C17H16F2N2O4S. The average molecular weight is 382 g/mol. The number of rotatable bonds is 5. The highest BCUT2D eigenvalue weighted by molar-refractivity contribution is 7.18. The monoisotopic (exact) mass is 382 g/mol. The number of carbonyl (C=O) groups excluding carboxylic acids is 3. The van der Waals surface area contributed by atoms with Crippen molar-refractivity contribution < 1.29 is 27.9 Å². The van der Waals surface area contributed by atoms with E-state index in [9.17, 15) is 23.2 Å². The maximum atomic E-state index is 13.8. The van der Waals surface area contributed by atoms with Gasteiger partial charge in [-0.15, -0.1) is 11.3 Å². The molecule has 1 heterocycles. The van der Waals surface area contributed by atoms with Crippen molar-refractivity contribution >= 4 is 34.1 Å². The number of halogens is 2. The number of nitrogens with one attached hydrogen (secondary N) is 1. The smallest absolute Gasteiger partial charge is 0.341 e. The van der Waals surface area contributed by atoms with E-state index in [1.165, 1.54) is 6.92 Å². The number of hydrogen-bond donors (Lipinski definition) is 2. The van der Waals surface area contributed by atoms with Crippen LogP contribution in [0.4, 0.5) is 13.8 Å². The van der Waals surface area contributed by atoms with Gasteiger partial charge in [-0.05, 0) is 38.5 Å². The molecule has 2 rings (SSSR count). The van der Waals surface area contributed by atoms with Gasteiger partial charge < -0.3 is 15.8 Å².